The second-order valence-electron chi connectivity index (χ2n) is 7.99. The quantitative estimate of drug-likeness (QED) is 0.549. The van der Waals surface area contributed by atoms with Gasteiger partial charge in [-0.2, -0.15) is 9.61 Å². The van der Waals surface area contributed by atoms with Crippen LogP contribution in [0.4, 0.5) is 16.3 Å². The molecule has 2 fully saturated rings. The molecule has 8 nitrogen and oxygen atoms in total. The number of carbonyl (C=O) groups is 1. The van der Waals surface area contributed by atoms with Crippen molar-refractivity contribution in [1.29, 1.82) is 0 Å². The molecule has 2 aromatic heterocycles. The number of nitrogens with two attached hydrogens (primary N) is 1. The maximum absolute atomic E-state index is 11.5. The number of benzene rings is 1. The van der Waals surface area contributed by atoms with E-state index in [1.54, 1.807) is 17.8 Å². The Morgan fingerprint density at radius 2 is 1.93 bits per heavy atom. The van der Waals surface area contributed by atoms with Gasteiger partial charge in [0.15, 0.2) is 5.65 Å². The smallest absolute Gasteiger partial charge is 0.318 e. The maximum atomic E-state index is 11.5. The third-order valence-electron chi connectivity index (χ3n) is 6.09. The SMILES string of the molecule is CNC(=O)Nc1ccc(-c2cnn3c(N)cc([C@@H]4C[C@H]5CC[C@@H](C4)N5)nc23)cc1. The molecule has 5 rings (SSSR count). The molecule has 4 heterocycles. The average Bonchev–Trinajstić information content (AvgIpc) is 3.31. The normalized spacial score (nSPS) is 23.3. The van der Waals surface area contributed by atoms with Crippen LogP contribution >= 0.6 is 0 Å². The molecule has 3 aromatic rings. The van der Waals surface area contributed by atoms with Crippen LogP contribution in [0.3, 0.4) is 0 Å². The number of hydrogen-bond donors (Lipinski definition) is 4. The van der Waals surface area contributed by atoms with Crippen LogP contribution in [0, 0.1) is 0 Å². The van der Waals surface area contributed by atoms with Gasteiger partial charge in [0.2, 0.25) is 0 Å². The van der Waals surface area contributed by atoms with Gasteiger partial charge in [0.25, 0.3) is 0 Å². The average molecular weight is 391 g/mol. The lowest BCUT2D eigenvalue weighted by molar-refractivity contribution is 0.254. The summed E-state index contributed by atoms with van der Waals surface area (Å²) in [5.41, 5.74) is 10.8. The fraction of sp³-hybridized carbons (Fsp3) is 0.381. The summed E-state index contributed by atoms with van der Waals surface area (Å²) in [7, 11) is 1.59. The predicted molar refractivity (Wildman–Crippen MR) is 113 cm³/mol. The third kappa shape index (κ3) is 3.29. The summed E-state index contributed by atoms with van der Waals surface area (Å²) in [6.07, 6.45) is 6.54. The number of hydrogen-bond acceptors (Lipinski definition) is 5. The van der Waals surface area contributed by atoms with Crippen molar-refractivity contribution in [3.05, 3.63) is 42.2 Å². The number of carbonyl (C=O) groups excluding carboxylic acids is 1. The van der Waals surface area contributed by atoms with E-state index in [4.69, 9.17) is 10.7 Å². The number of nitrogen functional groups attached to an aromatic ring is 1. The highest BCUT2D eigenvalue weighted by Gasteiger charge is 2.35. The first-order valence-corrected chi connectivity index (χ1v) is 10.1. The van der Waals surface area contributed by atoms with Crippen LogP contribution in [-0.2, 0) is 0 Å². The van der Waals surface area contributed by atoms with Crippen molar-refractivity contribution >= 4 is 23.2 Å². The van der Waals surface area contributed by atoms with Gasteiger partial charge in [0.1, 0.15) is 5.82 Å². The van der Waals surface area contributed by atoms with Crippen molar-refractivity contribution in [2.75, 3.05) is 18.1 Å². The van der Waals surface area contributed by atoms with Gasteiger partial charge >= 0.3 is 6.03 Å². The Bertz CT molecular complexity index is 1050. The van der Waals surface area contributed by atoms with Crippen molar-refractivity contribution < 1.29 is 4.79 Å². The van der Waals surface area contributed by atoms with Gasteiger partial charge in [-0.15, -0.1) is 0 Å². The fourth-order valence-corrected chi connectivity index (χ4v) is 4.64. The highest BCUT2D eigenvalue weighted by molar-refractivity contribution is 5.89. The van der Waals surface area contributed by atoms with Crippen LogP contribution in [0.15, 0.2) is 36.5 Å². The minimum atomic E-state index is -0.247. The molecule has 2 aliphatic rings. The molecular weight excluding hydrogens is 366 g/mol. The summed E-state index contributed by atoms with van der Waals surface area (Å²) < 4.78 is 1.70. The van der Waals surface area contributed by atoms with Crippen molar-refractivity contribution in [2.24, 2.45) is 0 Å². The lowest BCUT2D eigenvalue weighted by Gasteiger charge is -2.28. The largest absolute Gasteiger partial charge is 0.384 e. The van der Waals surface area contributed by atoms with Crippen LogP contribution in [0.2, 0.25) is 0 Å². The van der Waals surface area contributed by atoms with E-state index in [2.05, 4.69) is 21.0 Å². The molecule has 0 aliphatic carbocycles. The van der Waals surface area contributed by atoms with Crippen LogP contribution in [0.5, 0.6) is 0 Å². The topological polar surface area (TPSA) is 109 Å². The second kappa shape index (κ2) is 7.04. The Morgan fingerprint density at radius 1 is 1.21 bits per heavy atom. The van der Waals surface area contributed by atoms with Crippen LogP contribution < -0.4 is 21.7 Å². The number of piperidine rings is 1. The van der Waals surface area contributed by atoms with Crippen molar-refractivity contribution in [1.82, 2.24) is 25.2 Å². The zero-order valence-corrected chi connectivity index (χ0v) is 16.4. The highest BCUT2D eigenvalue weighted by Crippen LogP contribution is 2.37. The number of nitrogens with zero attached hydrogens (tertiary/aromatic N) is 3. The lowest BCUT2D eigenvalue weighted by Crippen LogP contribution is -2.37. The Hall–Kier alpha value is -3.13. The molecule has 2 amide bonds. The first-order valence-electron chi connectivity index (χ1n) is 10.1. The van der Waals surface area contributed by atoms with Gasteiger partial charge in [0, 0.05) is 48.1 Å². The molecule has 29 heavy (non-hydrogen) atoms. The zero-order valence-electron chi connectivity index (χ0n) is 16.4. The van der Waals surface area contributed by atoms with Gasteiger partial charge in [-0.25, -0.2) is 9.78 Å². The Morgan fingerprint density at radius 3 is 2.62 bits per heavy atom. The molecule has 150 valence electrons. The monoisotopic (exact) mass is 391 g/mol. The minimum Gasteiger partial charge on any atom is -0.384 e. The van der Waals surface area contributed by atoms with Crippen LogP contribution in [-0.4, -0.2) is 39.8 Å². The van der Waals surface area contributed by atoms with Crippen molar-refractivity contribution in [2.45, 2.75) is 43.7 Å². The number of fused-ring (bicyclic) bond motifs is 3. The van der Waals surface area contributed by atoms with E-state index in [9.17, 15) is 4.79 Å². The number of rotatable bonds is 3. The molecule has 2 aliphatic heterocycles. The first-order chi connectivity index (χ1) is 14.1. The Labute approximate surface area is 168 Å². The molecule has 0 radical (unpaired) electrons. The summed E-state index contributed by atoms with van der Waals surface area (Å²) in [5, 5.41) is 13.4. The van der Waals surface area contributed by atoms with E-state index in [-0.39, 0.29) is 6.03 Å². The number of anilines is 2. The Kier molecular flexibility index (Phi) is 4.35. The lowest BCUT2D eigenvalue weighted by atomic mass is 9.89. The molecule has 2 bridgehead atoms. The van der Waals surface area contributed by atoms with E-state index in [0.29, 0.717) is 23.8 Å². The number of nitrogens with one attached hydrogen (secondary N) is 3. The first kappa shape index (κ1) is 17.9. The molecular formula is C21H25N7O. The number of urea groups is 1. The molecule has 5 N–H and O–H groups in total. The zero-order chi connectivity index (χ0) is 20.0. The standard InChI is InChI=1S/C21H25N7O/c1-23-21(29)26-14-4-2-12(3-5-14)17-11-24-28-19(22)10-18(27-20(17)28)13-8-15-6-7-16(9-13)25-15/h2-5,10-11,13,15-16,25H,6-9,22H2,1H3,(H2,23,26,29)/t13-,15-,16+. The second-order valence-corrected chi connectivity index (χ2v) is 7.99. The van der Waals surface area contributed by atoms with E-state index in [1.807, 2.05) is 30.3 Å². The summed E-state index contributed by atoms with van der Waals surface area (Å²) in [4.78, 5) is 16.5. The van der Waals surface area contributed by atoms with E-state index in [0.717, 1.165) is 41.0 Å². The molecule has 0 saturated carbocycles. The minimum absolute atomic E-state index is 0.247. The third-order valence-corrected chi connectivity index (χ3v) is 6.09. The van der Waals surface area contributed by atoms with Crippen molar-refractivity contribution in [3.8, 4) is 11.1 Å². The molecule has 2 saturated heterocycles. The van der Waals surface area contributed by atoms with Gasteiger partial charge < -0.3 is 21.7 Å². The number of aromatic nitrogens is 3. The molecule has 3 atom stereocenters. The fourth-order valence-electron chi connectivity index (χ4n) is 4.64. The summed E-state index contributed by atoms with van der Waals surface area (Å²) >= 11 is 0. The predicted octanol–water partition coefficient (Wildman–Crippen LogP) is 2.73. The van der Waals surface area contributed by atoms with Crippen molar-refractivity contribution in [3.63, 3.8) is 0 Å². The molecule has 1 aromatic carbocycles. The van der Waals surface area contributed by atoms with Gasteiger partial charge in [0.05, 0.1) is 6.20 Å². The molecule has 0 unspecified atom stereocenters. The van der Waals surface area contributed by atoms with E-state index >= 15 is 0 Å². The van der Waals surface area contributed by atoms with Gasteiger partial charge in [-0.1, -0.05) is 12.1 Å². The van der Waals surface area contributed by atoms with Crippen LogP contribution in [0.1, 0.15) is 37.3 Å². The summed E-state index contributed by atoms with van der Waals surface area (Å²) in [6.45, 7) is 0. The Balaban J connectivity index is 1.48. The highest BCUT2D eigenvalue weighted by atomic mass is 16.2. The van der Waals surface area contributed by atoms with Gasteiger partial charge in [-0.05, 0) is 43.4 Å². The summed E-state index contributed by atoms with van der Waals surface area (Å²) in [5.74, 6) is 1.04. The van der Waals surface area contributed by atoms with E-state index in [1.165, 1.54) is 12.8 Å². The maximum Gasteiger partial charge on any atom is 0.318 e. The van der Waals surface area contributed by atoms with Gasteiger partial charge in [-0.3, -0.25) is 0 Å². The van der Waals surface area contributed by atoms with Crippen LogP contribution in [0.25, 0.3) is 16.8 Å². The van der Waals surface area contributed by atoms with E-state index < -0.39 is 0 Å². The summed E-state index contributed by atoms with van der Waals surface area (Å²) in [6, 6.07) is 10.6. The molecule has 8 heteroatoms. The molecule has 0 spiro atoms. The number of amides is 2.